The van der Waals surface area contributed by atoms with Crippen LogP contribution in [0.25, 0.3) is 11.1 Å². The summed E-state index contributed by atoms with van der Waals surface area (Å²) in [5.74, 6) is 1.70. The summed E-state index contributed by atoms with van der Waals surface area (Å²) in [6, 6.07) is 15.1. The van der Waals surface area contributed by atoms with Crippen LogP contribution in [0.2, 0.25) is 0 Å². The van der Waals surface area contributed by atoms with Crippen LogP contribution in [-0.2, 0) is 13.1 Å². The number of nitrogens with zero attached hydrogens (tertiary/aromatic N) is 1. The zero-order valence-electron chi connectivity index (χ0n) is 15.2. The number of ether oxygens (including phenoxy) is 2. The number of methoxy groups -OCH3 is 1. The van der Waals surface area contributed by atoms with Crippen molar-refractivity contribution < 1.29 is 9.47 Å². The molecule has 2 aromatic carbocycles. The topological polar surface area (TPSA) is 21.7 Å². The van der Waals surface area contributed by atoms with Crippen LogP contribution in [0, 0.1) is 6.92 Å². The normalized spacial score (nSPS) is 14.4. The van der Waals surface area contributed by atoms with Crippen LogP contribution in [0.5, 0.6) is 11.5 Å². The van der Waals surface area contributed by atoms with Crippen LogP contribution < -0.4 is 9.47 Å². The minimum atomic E-state index is 0.678. The third kappa shape index (κ3) is 3.62. The van der Waals surface area contributed by atoms with Gasteiger partial charge in [0.2, 0.25) is 0 Å². The van der Waals surface area contributed by atoms with Crippen LogP contribution in [0.15, 0.2) is 53.2 Å². The Morgan fingerprint density at radius 1 is 1.12 bits per heavy atom. The Balaban J connectivity index is 1.68. The van der Waals surface area contributed by atoms with Crippen molar-refractivity contribution in [2.24, 2.45) is 0 Å². The molecular weight excluding hydrogens is 342 g/mol. The molecule has 1 aliphatic rings. The Morgan fingerprint density at radius 2 is 1.96 bits per heavy atom. The summed E-state index contributed by atoms with van der Waals surface area (Å²) >= 11 is 1.75. The SMILES string of the molecule is COc1cc(-c2ccc(C)cc2)cc2c1OCCN(Cc1ccsc1)C2. The first kappa shape index (κ1) is 17.1. The molecule has 0 aliphatic carbocycles. The predicted octanol–water partition coefficient (Wildman–Crippen LogP) is 5.13. The first-order valence-electron chi connectivity index (χ1n) is 8.87. The van der Waals surface area contributed by atoms with Crippen LogP contribution in [0.4, 0.5) is 0 Å². The van der Waals surface area contributed by atoms with E-state index in [-0.39, 0.29) is 0 Å². The molecule has 0 amide bonds. The molecule has 4 heteroatoms. The fourth-order valence-electron chi connectivity index (χ4n) is 3.38. The monoisotopic (exact) mass is 365 g/mol. The van der Waals surface area contributed by atoms with Crippen molar-refractivity contribution in [1.82, 2.24) is 4.90 Å². The summed E-state index contributed by atoms with van der Waals surface area (Å²) in [4.78, 5) is 2.44. The van der Waals surface area contributed by atoms with Gasteiger partial charge in [0.05, 0.1) is 7.11 Å². The average molecular weight is 365 g/mol. The lowest BCUT2D eigenvalue weighted by Crippen LogP contribution is -2.24. The second-order valence-electron chi connectivity index (χ2n) is 6.72. The highest BCUT2D eigenvalue weighted by atomic mass is 32.1. The second kappa shape index (κ2) is 7.52. The lowest BCUT2D eigenvalue weighted by Gasteiger charge is -2.19. The minimum absolute atomic E-state index is 0.678. The van der Waals surface area contributed by atoms with Crippen LogP contribution in [0.1, 0.15) is 16.7 Å². The second-order valence-corrected chi connectivity index (χ2v) is 7.50. The molecule has 134 valence electrons. The molecule has 2 heterocycles. The number of rotatable bonds is 4. The average Bonchev–Trinajstić information content (AvgIpc) is 3.07. The molecule has 0 N–H and O–H groups in total. The Morgan fingerprint density at radius 3 is 2.69 bits per heavy atom. The smallest absolute Gasteiger partial charge is 0.165 e. The van der Waals surface area contributed by atoms with Gasteiger partial charge in [-0.2, -0.15) is 11.3 Å². The molecule has 1 aromatic heterocycles. The molecule has 26 heavy (non-hydrogen) atoms. The molecule has 4 rings (SSSR count). The maximum absolute atomic E-state index is 6.07. The van der Waals surface area contributed by atoms with Gasteiger partial charge in [0.1, 0.15) is 6.61 Å². The molecular formula is C22H23NO2S. The van der Waals surface area contributed by atoms with Crippen LogP contribution in [0.3, 0.4) is 0 Å². The van der Waals surface area contributed by atoms with Gasteiger partial charge in [0.15, 0.2) is 11.5 Å². The molecule has 0 fully saturated rings. The highest BCUT2D eigenvalue weighted by Crippen LogP contribution is 2.38. The Hall–Kier alpha value is -2.30. The van der Waals surface area contributed by atoms with E-state index in [4.69, 9.17) is 9.47 Å². The van der Waals surface area contributed by atoms with Crippen molar-refractivity contribution in [3.8, 4) is 22.6 Å². The van der Waals surface area contributed by atoms with Gasteiger partial charge in [0, 0.05) is 25.2 Å². The van der Waals surface area contributed by atoms with Gasteiger partial charge < -0.3 is 9.47 Å². The van der Waals surface area contributed by atoms with Crippen molar-refractivity contribution in [3.63, 3.8) is 0 Å². The van der Waals surface area contributed by atoms with Crippen LogP contribution in [-0.4, -0.2) is 25.2 Å². The maximum Gasteiger partial charge on any atom is 0.165 e. The van der Waals surface area contributed by atoms with E-state index in [1.54, 1.807) is 18.4 Å². The number of hydrogen-bond acceptors (Lipinski definition) is 4. The van der Waals surface area contributed by atoms with E-state index in [9.17, 15) is 0 Å². The Kier molecular flexibility index (Phi) is 4.96. The van der Waals surface area contributed by atoms with Crippen molar-refractivity contribution in [3.05, 3.63) is 69.9 Å². The number of thiophene rings is 1. The number of fused-ring (bicyclic) bond motifs is 1. The third-order valence-corrected chi connectivity index (χ3v) is 5.50. The Bertz CT molecular complexity index is 872. The molecule has 0 saturated heterocycles. The predicted molar refractivity (Wildman–Crippen MR) is 107 cm³/mol. The summed E-state index contributed by atoms with van der Waals surface area (Å²) in [7, 11) is 1.71. The summed E-state index contributed by atoms with van der Waals surface area (Å²) in [5.41, 5.74) is 6.18. The van der Waals surface area contributed by atoms with Crippen molar-refractivity contribution in [2.75, 3.05) is 20.3 Å². The first-order valence-corrected chi connectivity index (χ1v) is 9.81. The standard InChI is InChI=1S/C22H23NO2S/c1-16-3-5-18(6-4-16)19-11-20-14-23(13-17-7-10-26-15-17)8-9-25-22(20)21(12-19)24-2/h3-7,10-12,15H,8-9,13-14H2,1-2H3. The maximum atomic E-state index is 6.07. The summed E-state index contributed by atoms with van der Waals surface area (Å²) < 4.78 is 11.7. The summed E-state index contributed by atoms with van der Waals surface area (Å²) in [6.45, 7) is 5.51. The van der Waals surface area contributed by atoms with Crippen molar-refractivity contribution in [1.29, 1.82) is 0 Å². The summed E-state index contributed by atoms with van der Waals surface area (Å²) in [5, 5.41) is 4.35. The molecule has 0 spiro atoms. The molecule has 0 bridgehead atoms. The van der Waals surface area contributed by atoms with Gasteiger partial charge in [-0.3, -0.25) is 4.90 Å². The largest absolute Gasteiger partial charge is 0.493 e. The zero-order chi connectivity index (χ0) is 17.9. The lowest BCUT2D eigenvalue weighted by molar-refractivity contribution is 0.217. The van der Waals surface area contributed by atoms with Gasteiger partial charge in [-0.05, 0) is 52.6 Å². The molecule has 3 nitrogen and oxygen atoms in total. The van der Waals surface area contributed by atoms with E-state index >= 15 is 0 Å². The summed E-state index contributed by atoms with van der Waals surface area (Å²) in [6.07, 6.45) is 0. The third-order valence-electron chi connectivity index (χ3n) is 4.77. The van der Waals surface area contributed by atoms with Gasteiger partial charge >= 0.3 is 0 Å². The van der Waals surface area contributed by atoms with E-state index in [2.05, 4.69) is 65.0 Å². The molecule has 0 unspecified atom stereocenters. The van der Waals surface area contributed by atoms with Gasteiger partial charge in [-0.15, -0.1) is 0 Å². The molecule has 3 aromatic rings. The fourth-order valence-corrected chi connectivity index (χ4v) is 4.04. The Labute approximate surface area is 158 Å². The minimum Gasteiger partial charge on any atom is -0.493 e. The zero-order valence-corrected chi connectivity index (χ0v) is 16.0. The fraction of sp³-hybridized carbons (Fsp3) is 0.273. The number of hydrogen-bond donors (Lipinski definition) is 0. The van der Waals surface area contributed by atoms with E-state index < -0.39 is 0 Å². The van der Waals surface area contributed by atoms with Crippen molar-refractivity contribution >= 4 is 11.3 Å². The van der Waals surface area contributed by atoms with E-state index in [0.29, 0.717) is 6.61 Å². The quantitative estimate of drug-likeness (QED) is 0.640. The molecule has 0 atom stereocenters. The molecule has 1 aliphatic heterocycles. The van der Waals surface area contributed by atoms with Gasteiger partial charge in [0.25, 0.3) is 0 Å². The first-order chi connectivity index (χ1) is 12.7. The highest BCUT2D eigenvalue weighted by Gasteiger charge is 2.20. The number of benzene rings is 2. The molecule has 0 radical (unpaired) electrons. The van der Waals surface area contributed by atoms with E-state index in [1.807, 2.05) is 0 Å². The van der Waals surface area contributed by atoms with Crippen LogP contribution >= 0.6 is 11.3 Å². The van der Waals surface area contributed by atoms with Crippen molar-refractivity contribution in [2.45, 2.75) is 20.0 Å². The molecule has 0 saturated carbocycles. The van der Waals surface area contributed by atoms with E-state index in [0.717, 1.165) is 31.1 Å². The number of aryl methyl sites for hydroxylation is 1. The lowest BCUT2D eigenvalue weighted by atomic mass is 10.0. The highest BCUT2D eigenvalue weighted by molar-refractivity contribution is 7.07. The van der Waals surface area contributed by atoms with Gasteiger partial charge in [-0.25, -0.2) is 0 Å². The van der Waals surface area contributed by atoms with E-state index in [1.165, 1.54) is 27.8 Å². The van der Waals surface area contributed by atoms with Gasteiger partial charge in [-0.1, -0.05) is 29.8 Å².